The molecule has 0 amide bonds. The van der Waals surface area contributed by atoms with Gasteiger partial charge in [-0.25, -0.2) is 0 Å². The molecule has 0 aromatic heterocycles. The largest absolute Gasteiger partial charge is 0.375 e. The number of hydrogen-bond donors (Lipinski definition) is 0. The van der Waals surface area contributed by atoms with E-state index in [0.29, 0.717) is 11.5 Å². The lowest BCUT2D eigenvalue weighted by Crippen LogP contribution is -2.47. The second-order valence-corrected chi connectivity index (χ2v) is 5.34. The monoisotopic (exact) mass is 214 g/mol. The Morgan fingerprint density at radius 1 is 1.57 bits per heavy atom. The van der Waals surface area contributed by atoms with Crippen LogP contribution in [-0.4, -0.2) is 30.0 Å². The zero-order valence-corrected chi connectivity index (χ0v) is 9.57. The van der Waals surface area contributed by atoms with Gasteiger partial charge in [0.1, 0.15) is 5.78 Å². The lowest BCUT2D eigenvalue weighted by Gasteiger charge is -2.46. The van der Waals surface area contributed by atoms with Crippen molar-refractivity contribution in [1.29, 1.82) is 0 Å². The van der Waals surface area contributed by atoms with Crippen molar-refractivity contribution in [3.05, 3.63) is 0 Å². The van der Waals surface area contributed by atoms with E-state index in [1.807, 2.05) is 6.26 Å². The summed E-state index contributed by atoms with van der Waals surface area (Å²) in [6, 6.07) is 0. The van der Waals surface area contributed by atoms with Crippen LogP contribution >= 0.6 is 11.8 Å². The van der Waals surface area contributed by atoms with Crippen LogP contribution < -0.4 is 0 Å². The molecule has 1 aliphatic carbocycles. The van der Waals surface area contributed by atoms with Gasteiger partial charge in [-0.2, -0.15) is 11.8 Å². The highest BCUT2D eigenvalue weighted by Crippen LogP contribution is 2.44. The maximum Gasteiger partial charge on any atom is 0.145 e. The second-order valence-electron chi connectivity index (χ2n) is 4.47. The SMILES string of the molecule is CSCC(=O)C1CCOC2(CCC2)C1. The maximum atomic E-state index is 11.7. The average molecular weight is 214 g/mol. The number of ketones is 1. The molecule has 0 aromatic rings. The van der Waals surface area contributed by atoms with Gasteiger partial charge in [0.25, 0.3) is 0 Å². The van der Waals surface area contributed by atoms with Crippen molar-refractivity contribution < 1.29 is 9.53 Å². The number of carbonyl (C=O) groups excluding carboxylic acids is 1. The van der Waals surface area contributed by atoms with E-state index >= 15 is 0 Å². The van der Waals surface area contributed by atoms with E-state index in [9.17, 15) is 4.79 Å². The predicted molar refractivity (Wildman–Crippen MR) is 58.6 cm³/mol. The molecule has 2 nitrogen and oxygen atoms in total. The van der Waals surface area contributed by atoms with Gasteiger partial charge in [-0.05, 0) is 38.4 Å². The van der Waals surface area contributed by atoms with Crippen LogP contribution in [0, 0.1) is 5.92 Å². The van der Waals surface area contributed by atoms with Crippen LogP contribution in [0.25, 0.3) is 0 Å². The number of thioether (sulfide) groups is 1. The van der Waals surface area contributed by atoms with E-state index in [2.05, 4.69) is 0 Å². The first-order valence-corrected chi connectivity index (χ1v) is 6.81. The Balaban J connectivity index is 1.90. The summed E-state index contributed by atoms with van der Waals surface area (Å²) < 4.78 is 5.80. The number of Topliss-reactive ketones (excluding diaryl/α,β-unsaturated/α-hetero) is 1. The normalized spacial score (nSPS) is 29.9. The van der Waals surface area contributed by atoms with E-state index in [4.69, 9.17) is 4.74 Å². The van der Waals surface area contributed by atoms with E-state index < -0.39 is 0 Å². The van der Waals surface area contributed by atoms with E-state index in [-0.39, 0.29) is 11.5 Å². The zero-order chi connectivity index (χ0) is 10.0. The molecule has 2 aliphatic rings. The summed E-state index contributed by atoms with van der Waals surface area (Å²) >= 11 is 1.64. The third kappa shape index (κ3) is 1.98. The number of carbonyl (C=O) groups is 1. The number of rotatable bonds is 3. The van der Waals surface area contributed by atoms with Gasteiger partial charge in [0.2, 0.25) is 0 Å². The molecule has 2 rings (SSSR count). The summed E-state index contributed by atoms with van der Waals surface area (Å²) in [7, 11) is 0. The Labute approximate surface area is 89.8 Å². The molecule has 3 heteroatoms. The van der Waals surface area contributed by atoms with Gasteiger partial charge in [-0.3, -0.25) is 4.79 Å². The summed E-state index contributed by atoms with van der Waals surface area (Å²) in [6.45, 7) is 0.796. The lowest BCUT2D eigenvalue weighted by atomic mass is 9.71. The van der Waals surface area contributed by atoms with Crippen LogP contribution in [0.4, 0.5) is 0 Å². The topological polar surface area (TPSA) is 26.3 Å². The van der Waals surface area contributed by atoms with E-state index in [1.165, 1.54) is 19.3 Å². The predicted octanol–water partition coefficient (Wildman–Crippen LogP) is 2.27. The van der Waals surface area contributed by atoms with Crippen molar-refractivity contribution in [2.24, 2.45) is 5.92 Å². The molecule has 14 heavy (non-hydrogen) atoms. The highest BCUT2D eigenvalue weighted by molar-refractivity contribution is 7.99. The Hall–Kier alpha value is -0.0200. The third-order valence-corrected chi connectivity index (χ3v) is 4.07. The molecule has 1 atom stereocenters. The molecule has 1 aliphatic heterocycles. The molecule has 1 saturated heterocycles. The summed E-state index contributed by atoms with van der Waals surface area (Å²) in [6.07, 6.45) is 7.57. The van der Waals surface area contributed by atoms with Gasteiger partial charge in [0, 0.05) is 12.5 Å². The second kappa shape index (κ2) is 4.23. The van der Waals surface area contributed by atoms with Gasteiger partial charge >= 0.3 is 0 Å². The minimum atomic E-state index is 0.122. The van der Waals surface area contributed by atoms with Crippen LogP contribution in [0.5, 0.6) is 0 Å². The lowest BCUT2D eigenvalue weighted by molar-refractivity contribution is -0.154. The molecule has 0 radical (unpaired) electrons. The molecular weight excluding hydrogens is 196 g/mol. The van der Waals surface area contributed by atoms with Crippen molar-refractivity contribution in [2.75, 3.05) is 18.6 Å². The maximum absolute atomic E-state index is 11.7. The standard InChI is InChI=1S/C11H18O2S/c1-14-8-10(12)9-3-6-13-11(7-9)4-2-5-11/h9H,2-8H2,1H3. The molecule has 1 saturated carbocycles. The minimum absolute atomic E-state index is 0.122. The van der Waals surface area contributed by atoms with Gasteiger partial charge in [-0.15, -0.1) is 0 Å². The fraction of sp³-hybridized carbons (Fsp3) is 0.909. The smallest absolute Gasteiger partial charge is 0.145 e. The van der Waals surface area contributed by atoms with E-state index in [1.54, 1.807) is 11.8 Å². The van der Waals surface area contributed by atoms with Crippen molar-refractivity contribution in [3.63, 3.8) is 0 Å². The van der Waals surface area contributed by atoms with Gasteiger partial charge in [-0.1, -0.05) is 0 Å². The quantitative estimate of drug-likeness (QED) is 0.721. The van der Waals surface area contributed by atoms with Crippen molar-refractivity contribution in [3.8, 4) is 0 Å². The number of hydrogen-bond acceptors (Lipinski definition) is 3. The van der Waals surface area contributed by atoms with Crippen molar-refractivity contribution in [1.82, 2.24) is 0 Å². The first-order chi connectivity index (χ1) is 6.76. The molecule has 1 unspecified atom stereocenters. The zero-order valence-electron chi connectivity index (χ0n) is 8.75. The molecular formula is C11H18O2S. The Bertz CT molecular complexity index is 223. The summed E-state index contributed by atoms with van der Waals surface area (Å²) in [5.74, 6) is 1.41. The summed E-state index contributed by atoms with van der Waals surface area (Å²) in [5, 5.41) is 0. The molecule has 0 N–H and O–H groups in total. The van der Waals surface area contributed by atoms with Crippen LogP contribution in [0.1, 0.15) is 32.1 Å². The highest BCUT2D eigenvalue weighted by Gasteiger charge is 2.43. The molecule has 2 fully saturated rings. The van der Waals surface area contributed by atoms with Crippen LogP contribution in [0.3, 0.4) is 0 Å². The number of ether oxygens (including phenoxy) is 1. The third-order valence-electron chi connectivity index (χ3n) is 3.50. The Morgan fingerprint density at radius 2 is 2.36 bits per heavy atom. The Morgan fingerprint density at radius 3 is 2.93 bits per heavy atom. The van der Waals surface area contributed by atoms with Crippen LogP contribution in [0.15, 0.2) is 0 Å². The van der Waals surface area contributed by atoms with Gasteiger partial charge in [0.15, 0.2) is 0 Å². The minimum Gasteiger partial charge on any atom is -0.375 e. The molecule has 0 aromatic carbocycles. The highest BCUT2D eigenvalue weighted by atomic mass is 32.2. The first-order valence-electron chi connectivity index (χ1n) is 5.41. The summed E-state index contributed by atoms with van der Waals surface area (Å²) in [5.41, 5.74) is 0.122. The van der Waals surface area contributed by atoms with Gasteiger partial charge in [0.05, 0.1) is 11.4 Å². The fourth-order valence-electron chi connectivity index (χ4n) is 2.48. The average Bonchev–Trinajstić information content (AvgIpc) is 2.16. The molecule has 1 spiro atoms. The fourth-order valence-corrected chi connectivity index (χ4v) is 3.00. The molecule has 80 valence electrons. The first kappa shape index (κ1) is 10.5. The van der Waals surface area contributed by atoms with E-state index in [0.717, 1.165) is 19.4 Å². The van der Waals surface area contributed by atoms with Crippen LogP contribution in [0.2, 0.25) is 0 Å². The summed E-state index contributed by atoms with van der Waals surface area (Å²) in [4.78, 5) is 11.7. The molecule has 0 bridgehead atoms. The molecule has 1 heterocycles. The van der Waals surface area contributed by atoms with Crippen LogP contribution in [-0.2, 0) is 9.53 Å². The Kier molecular flexibility index (Phi) is 3.17. The van der Waals surface area contributed by atoms with Crippen molar-refractivity contribution >= 4 is 17.5 Å². The van der Waals surface area contributed by atoms with Crippen molar-refractivity contribution in [2.45, 2.75) is 37.7 Å². The van der Waals surface area contributed by atoms with Gasteiger partial charge < -0.3 is 4.74 Å².